The number of carbonyl (C=O) groups is 1. The second kappa shape index (κ2) is 6.42. The number of benzene rings is 2. The van der Waals surface area contributed by atoms with Crippen molar-refractivity contribution in [3.63, 3.8) is 0 Å². The Bertz CT molecular complexity index is 857. The molecule has 1 amide bonds. The van der Waals surface area contributed by atoms with Gasteiger partial charge in [-0.1, -0.05) is 54.6 Å². The van der Waals surface area contributed by atoms with Crippen molar-refractivity contribution < 1.29 is 4.79 Å². The molecule has 0 fully saturated rings. The Morgan fingerprint density at radius 2 is 1.67 bits per heavy atom. The number of thiophene rings is 1. The highest BCUT2D eigenvalue weighted by molar-refractivity contribution is 7.12. The minimum atomic E-state index is -0.0593. The summed E-state index contributed by atoms with van der Waals surface area (Å²) in [6, 6.07) is 23.5. The minimum Gasteiger partial charge on any atom is -0.267 e. The number of hydrogen-bond acceptors (Lipinski definition) is 3. The van der Waals surface area contributed by atoms with Crippen LogP contribution in [0.25, 0.3) is 0 Å². The van der Waals surface area contributed by atoms with Gasteiger partial charge in [-0.2, -0.15) is 5.10 Å². The number of rotatable bonds is 3. The van der Waals surface area contributed by atoms with E-state index in [-0.39, 0.29) is 11.9 Å². The lowest BCUT2D eigenvalue weighted by atomic mass is 10.0. The monoisotopic (exact) mass is 332 g/mol. The van der Waals surface area contributed by atoms with Crippen molar-refractivity contribution in [3.05, 3.63) is 94.2 Å². The summed E-state index contributed by atoms with van der Waals surface area (Å²) in [5.74, 6) is -0.0593. The number of hydrogen-bond donors (Lipinski definition) is 0. The molecule has 1 aliphatic heterocycles. The summed E-state index contributed by atoms with van der Waals surface area (Å²) in [7, 11) is 0. The molecule has 4 heteroatoms. The normalized spacial score (nSPS) is 16.9. The summed E-state index contributed by atoms with van der Waals surface area (Å²) in [6.45, 7) is 0. The van der Waals surface area contributed by atoms with E-state index in [1.165, 1.54) is 0 Å². The summed E-state index contributed by atoms with van der Waals surface area (Å²) in [5.41, 5.74) is 2.75. The molecule has 0 unspecified atom stereocenters. The largest absolute Gasteiger partial charge is 0.274 e. The molecule has 118 valence electrons. The average Bonchev–Trinajstić information content (AvgIpc) is 3.32. The van der Waals surface area contributed by atoms with Crippen molar-refractivity contribution >= 4 is 23.0 Å². The van der Waals surface area contributed by atoms with Gasteiger partial charge in [-0.25, -0.2) is 5.01 Å². The van der Waals surface area contributed by atoms with Gasteiger partial charge in [0.05, 0.1) is 16.6 Å². The third-order valence-corrected chi connectivity index (χ3v) is 5.05. The van der Waals surface area contributed by atoms with E-state index in [2.05, 4.69) is 23.3 Å². The van der Waals surface area contributed by atoms with E-state index in [0.717, 1.165) is 22.6 Å². The smallest absolute Gasteiger partial charge is 0.267 e. The van der Waals surface area contributed by atoms with Gasteiger partial charge >= 0.3 is 0 Å². The molecule has 0 radical (unpaired) electrons. The van der Waals surface area contributed by atoms with Crippen LogP contribution in [-0.4, -0.2) is 16.6 Å². The molecule has 0 N–H and O–H groups in total. The predicted molar refractivity (Wildman–Crippen MR) is 97.3 cm³/mol. The number of nitrogens with zero attached hydrogens (tertiary/aromatic N) is 2. The molecule has 0 aliphatic carbocycles. The van der Waals surface area contributed by atoms with Crippen LogP contribution < -0.4 is 0 Å². The van der Waals surface area contributed by atoms with Crippen LogP contribution in [0.2, 0.25) is 0 Å². The minimum absolute atomic E-state index is 0.0593. The van der Waals surface area contributed by atoms with Crippen LogP contribution in [0.5, 0.6) is 0 Å². The lowest BCUT2D eigenvalue weighted by Gasteiger charge is -2.22. The SMILES string of the molecule is O=C(c1ccccc1)N1N=C(c2cccs2)C[C@H]1c1ccccc1. The van der Waals surface area contributed by atoms with Gasteiger partial charge in [0.15, 0.2) is 0 Å². The third-order valence-electron chi connectivity index (χ3n) is 4.13. The van der Waals surface area contributed by atoms with Gasteiger partial charge in [0.1, 0.15) is 0 Å². The molecule has 0 bridgehead atoms. The van der Waals surface area contributed by atoms with Crippen LogP contribution in [0, 0.1) is 0 Å². The Balaban J connectivity index is 1.72. The van der Waals surface area contributed by atoms with E-state index in [0.29, 0.717) is 5.56 Å². The highest BCUT2D eigenvalue weighted by Crippen LogP contribution is 2.34. The second-order valence-electron chi connectivity index (χ2n) is 5.67. The van der Waals surface area contributed by atoms with Crippen LogP contribution in [-0.2, 0) is 0 Å². The maximum Gasteiger partial charge on any atom is 0.274 e. The molecule has 3 nitrogen and oxygen atoms in total. The molecule has 4 rings (SSSR count). The number of carbonyl (C=O) groups excluding carboxylic acids is 1. The quantitative estimate of drug-likeness (QED) is 0.682. The average molecular weight is 332 g/mol. The molecule has 0 saturated carbocycles. The Morgan fingerprint density at radius 3 is 2.33 bits per heavy atom. The van der Waals surface area contributed by atoms with Gasteiger partial charge in [-0.15, -0.1) is 11.3 Å². The van der Waals surface area contributed by atoms with Crippen molar-refractivity contribution in [2.75, 3.05) is 0 Å². The molecule has 24 heavy (non-hydrogen) atoms. The van der Waals surface area contributed by atoms with Crippen molar-refractivity contribution in [3.8, 4) is 0 Å². The van der Waals surface area contributed by atoms with Gasteiger partial charge in [-0.05, 0) is 29.1 Å². The van der Waals surface area contributed by atoms with Gasteiger partial charge < -0.3 is 0 Å². The Kier molecular flexibility index (Phi) is 3.97. The van der Waals surface area contributed by atoms with Crippen molar-refractivity contribution in [2.45, 2.75) is 12.5 Å². The first kappa shape index (κ1) is 14.8. The van der Waals surface area contributed by atoms with E-state index < -0.39 is 0 Å². The maximum atomic E-state index is 13.0. The fraction of sp³-hybridized carbons (Fsp3) is 0.100. The summed E-state index contributed by atoms with van der Waals surface area (Å²) in [5, 5.41) is 8.35. The predicted octanol–water partition coefficient (Wildman–Crippen LogP) is 4.74. The van der Waals surface area contributed by atoms with E-state index in [1.807, 2.05) is 60.0 Å². The zero-order valence-electron chi connectivity index (χ0n) is 13.0. The van der Waals surface area contributed by atoms with E-state index in [4.69, 9.17) is 0 Å². The van der Waals surface area contributed by atoms with Crippen molar-refractivity contribution in [1.82, 2.24) is 5.01 Å². The third kappa shape index (κ3) is 2.76. The van der Waals surface area contributed by atoms with Crippen LogP contribution in [0.3, 0.4) is 0 Å². The molecular weight excluding hydrogens is 316 g/mol. The van der Waals surface area contributed by atoms with Gasteiger partial charge in [0.2, 0.25) is 0 Å². The Morgan fingerprint density at radius 1 is 0.958 bits per heavy atom. The number of hydrazone groups is 1. The lowest BCUT2D eigenvalue weighted by Crippen LogP contribution is -2.27. The fourth-order valence-electron chi connectivity index (χ4n) is 2.94. The van der Waals surface area contributed by atoms with E-state index >= 15 is 0 Å². The van der Waals surface area contributed by atoms with Crippen LogP contribution in [0.4, 0.5) is 0 Å². The molecule has 0 saturated heterocycles. The highest BCUT2D eigenvalue weighted by atomic mass is 32.1. The molecule has 0 spiro atoms. The van der Waals surface area contributed by atoms with Crippen LogP contribution >= 0.6 is 11.3 Å². The van der Waals surface area contributed by atoms with Crippen molar-refractivity contribution in [1.29, 1.82) is 0 Å². The van der Waals surface area contributed by atoms with Crippen molar-refractivity contribution in [2.24, 2.45) is 5.10 Å². The molecular formula is C20H16N2OS. The molecule has 1 aliphatic rings. The molecule has 1 aromatic heterocycles. The van der Waals surface area contributed by atoms with E-state index in [1.54, 1.807) is 16.3 Å². The van der Waals surface area contributed by atoms with Gasteiger partial charge in [0.25, 0.3) is 5.91 Å². The summed E-state index contributed by atoms with van der Waals surface area (Å²) in [6.07, 6.45) is 0.739. The maximum absolute atomic E-state index is 13.0. The zero-order valence-corrected chi connectivity index (χ0v) is 13.8. The molecule has 3 aromatic rings. The van der Waals surface area contributed by atoms with E-state index in [9.17, 15) is 4.79 Å². The Labute approximate surface area is 144 Å². The second-order valence-corrected chi connectivity index (χ2v) is 6.62. The molecule has 2 aromatic carbocycles. The lowest BCUT2D eigenvalue weighted by molar-refractivity contribution is 0.0711. The highest BCUT2D eigenvalue weighted by Gasteiger charge is 2.33. The fourth-order valence-corrected chi connectivity index (χ4v) is 3.66. The summed E-state index contributed by atoms with van der Waals surface area (Å²) < 4.78 is 0. The number of amides is 1. The zero-order chi connectivity index (χ0) is 16.4. The Hall–Kier alpha value is -2.72. The van der Waals surface area contributed by atoms with Gasteiger partial charge in [-0.3, -0.25) is 4.79 Å². The first-order chi connectivity index (χ1) is 11.8. The van der Waals surface area contributed by atoms with Gasteiger partial charge in [0, 0.05) is 12.0 Å². The molecule has 2 heterocycles. The molecule has 1 atom stereocenters. The van der Waals surface area contributed by atoms with Crippen LogP contribution in [0.1, 0.15) is 33.3 Å². The standard InChI is InChI=1S/C20H16N2OS/c23-20(16-10-5-2-6-11-16)22-18(15-8-3-1-4-9-15)14-17(21-22)19-12-7-13-24-19/h1-13,18H,14H2/t18-/m0/s1. The first-order valence-electron chi connectivity index (χ1n) is 7.88. The topological polar surface area (TPSA) is 32.7 Å². The summed E-state index contributed by atoms with van der Waals surface area (Å²) in [4.78, 5) is 14.1. The summed E-state index contributed by atoms with van der Waals surface area (Å²) >= 11 is 1.66. The van der Waals surface area contributed by atoms with Crippen LogP contribution in [0.15, 0.2) is 83.3 Å². The first-order valence-corrected chi connectivity index (χ1v) is 8.76.